The SMILES string of the molecule is CC(C)(C)c1ccc2c(O[Si](C)(C)c3ccccc3)c3ccccc3c(O[Si](C)(C)c3ccccc3)c2c1. The molecule has 2 nitrogen and oxygen atoms in total. The average Bonchev–Trinajstić information content (AvgIpc) is 2.90. The third-order valence-corrected chi connectivity index (χ3v) is 12.3. The summed E-state index contributed by atoms with van der Waals surface area (Å²) in [6.45, 7) is 15.9. The largest absolute Gasteiger partial charge is 0.539 e. The Morgan fingerprint density at radius 3 is 1.32 bits per heavy atom. The Kier molecular flexibility index (Phi) is 6.74. The van der Waals surface area contributed by atoms with Crippen LogP contribution in [0, 0.1) is 0 Å². The van der Waals surface area contributed by atoms with Gasteiger partial charge in [-0.05, 0) is 53.6 Å². The molecule has 0 atom stereocenters. The molecule has 0 saturated carbocycles. The molecule has 0 N–H and O–H groups in total. The molecule has 0 fully saturated rings. The average molecular weight is 535 g/mol. The molecule has 0 aliphatic heterocycles. The van der Waals surface area contributed by atoms with Gasteiger partial charge in [-0.1, -0.05) is 118 Å². The van der Waals surface area contributed by atoms with Crippen molar-refractivity contribution in [2.24, 2.45) is 0 Å². The standard InChI is InChI=1S/C34H38O2Si2/c1-34(2,3)25-22-23-30-31(24-25)33(36-38(6,7)27-18-12-9-13-19-27)29-21-15-14-20-28(29)32(30)35-37(4,5)26-16-10-8-11-17-26/h8-24H,1-7H3. The van der Waals surface area contributed by atoms with Crippen LogP contribution in [-0.2, 0) is 5.41 Å². The van der Waals surface area contributed by atoms with Gasteiger partial charge in [-0.25, -0.2) is 0 Å². The van der Waals surface area contributed by atoms with Gasteiger partial charge < -0.3 is 8.85 Å². The van der Waals surface area contributed by atoms with Crippen LogP contribution in [0.15, 0.2) is 103 Å². The first-order chi connectivity index (χ1) is 18.0. The fourth-order valence-corrected chi connectivity index (χ4v) is 8.78. The molecule has 0 aromatic heterocycles. The van der Waals surface area contributed by atoms with Gasteiger partial charge in [0.2, 0.25) is 0 Å². The second kappa shape index (κ2) is 9.75. The molecule has 0 amide bonds. The van der Waals surface area contributed by atoms with E-state index in [1.54, 1.807) is 0 Å². The van der Waals surface area contributed by atoms with Crippen LogP contribution in [0.2, 0.25) is 26.2 Å². The molecule has 194 valence electrons. The van der Waals surface area contributed by atoms with Gasteiger partial charge in [-0.15, -0.1) is 0 Å². The van der Waals surface area contributed by atoms with E-state index in [9.17, 15) is 0 Å². The van der Waals surface area contributed by atoms with Crippen molar-refractivity contribution in [1.82, 2.24) is 0 Å². The molecule has 0 saturated heterocycles. The Labute approximate surface area is 229 Å². The highest BCUT2D eigenvalue weighted by Gasteiger charge is 2.32. The lowest BCUT2D eigenvalue weighted by Gasteiger charge is -2.31. The Bertz CT molecular complexity index is 1580. The molecule has 0 aliphatic rings. The predicted molar refractivity (Wildman–Crippen MR) is 169 cm³/mol. The first kappa shape index (κ1) is 26.3. The second-order valence-electron chi connectivity index (χ2n) is 12.2. The van der Waals surface area contributed by atoms with Crippen LogP contribution < -0.4 is 19.2 Å². The van der Waals surface area contributed by atoms with Crippen molar-refractivity contribution in [3.05, 3.63) is 109 Å². The molecule has 5 aromatic carbocycles. The Morgan fingerprint density at radius 1 is 0.474 bits per heavy atom. The second-order valence-corrected chi connectivity index (χ2v) is 19.8. The zero-order valence-corrected chi connectivity index (χ0v) is 25.6. The molecule has 0 radical (unpaired) electrons. The van der Waals surface area contributed by atoms with Crippen molar-refractivity contribution in [1.29, 1.82) is 0 Å². The van der Waals surface area contributed by atoms with Gasteiger partial charge in [0.15, 0.2) is 0 Å². The summed E-state index contributed by atoms with van der Waals surface area (Å²) in [5, 5.41) is 7.01. The fraction of sp³-hybridized carbons (Fsp3) is 0.235. The monoisotopic (exact) mass is 534 g/mol. The summed E-state index contributed by atoms with van der Waals surface area (Å²) in [4.78, 5) is 0. The minimum absolute atomic E-state index is 0.0164. The maximum atomic E-state index is 7.15. The highest BCUT2D eigenvalue weighted by Crippen LogP contribution is 2.45. The summed E-state index contributed by atoms with van der Waals surface area (Å²) in [6.07, 6.45) is 0. The summed E-state index contributed by atoms with van der Waals surface area (Å²) < 4.78 is 14.3. The van der Waals surface area contributed by atoms with Gasteiger partial charge in [0.1, 0.15) is 11.5 Å². The van der Waals surface area contributed by atoms with Crippen LogP contribution in [0.1, 0.15) is 26.3 Å². The van der Waals surface area contributed by atoms with E-state index in [0.29, 0.717) is 0 Å². The van der Waals surface area contributed by atoms with Gasteiger partial charge >= 0.3 is 0 Å². The van der Waals surface area contributed by atoms with Gasteiger partial charge in [0.25, 0.3) is 16.6 Å². The van der Waals surface area contributed by atoms with E-state index >= 15 is 0 Å². The molecule has 0 unspecified atom stereocenters. The Hall–Kier alpha value is -3.35. The predicted octanol–water partition coefficient (Wildman–Crippen LogP) is 8.27. The quantitative estimate of drug-likeness (QED) is 0.161. The van der Waals surface area contributed by atoms with Gasteiger partial charge in [0.05, 0.1) is 0 Å². The molecule has 38 heavy (non-hydrogen) atoms. The molecule has 4 heteroatoms. The Balaban J connectivity index is 1.78. The highest BCUT2D eigenvalue weighted by molar-refractivity contribution is 6.85. The van der Waals surface area contributed by atoms with Crippen LogP contribution in [0.5, 0.6) is 11.5 Å². The maximum absolute atomic E-state index is 7.15. The zero-order chi connectivity index (χ0) is 27.1. The number of hydrogen-bond donors (Lipinski definition) is 0. The van der Waals surface area contributed by atoms with Crippen molar-refractivity contribution in [2.45, 2.75) is 52.4 Å². The number of hydrogen-bond acceptors (Lipinski definition) is 2. The van der Waals surface area contributed by atoms with E-state index in [4.69, 9.17) is 8.85 Å². The van der Waals surface area contributed by atoms with E-state index < -0.39 is 16.6 Å². The number of rotatable bonds is 6. The lowest BCUT2D eigenvalue weighted by atomic mass is 9.85. The van der Waals surface area contributed by atoms with Crippen LogP contribution in [0.25, 0.3) is 21.5 Å². The summed E-state index contributed by atoms with van der Waals surface area (Å²) in [7, 11) is -4.52. The number of benzene rings is 5. The van der Waals surface area contributed by atoms with Crippen molar-refractivity contribution < 1.29 is 8.85 Å². The van der Waals surface area contributed by atoms with E-state index in [0.717, 1.165) is 33.0 Å². The van der Waals surface area contributed by atoms with Crippen LogP contribution in [0.3, 0.4) is 0 Å². The first-order valence-corrected chi connectivity index (χ1v) is 19.3. The normalized spacial score (nSPS) is 12.6. The van der Waals surface area contributed by atoms with E-state index in [2.05, 4.69) is 150 Å². The van der Waals surface area contributed by atoms with Crippen LogP contribution in [0.4, 0.5) is 0 Å². The first-order valence-electron chi connectivity index (χ1n) is 13.5. The smallest absolute Gasteiger partial charge is 0.276 e. The zero-order valence-electron chi connectivity index (χ0n) is 23.6. The summed E-state index contributed by atoms with van der Waals surface area (Å²) in [5.74, 6) is 1.93. The summed E-state index contributed by atoms with van der Waals surface area (Å²) in [6, 6.07) is 36.7. The maximum Gasteiger partial charge on any atom is 0.276 e. The molecule has 0 bridgehead atoms. The molecule has 5 aromatic rings. The molecular formula is C34H38O2Si2. The van der Waals surface area contributed by atoms with Crippen molar-refractivity contribution in [3.8, 4) is 11.5 Å². The van der Waals surface area contributed by atoms with Crippen molar-refractivity contribution in [3.63, 3.8) is 0 Å². The van der Waals surface area contributed by atoms with E-state index in [1.165, 1.54) is 15.9 Å². The van der Waals surface area contributed by atoms with E-state index in [-0.39, 0.29) is 5.41 Å². The molecule has 0 aliphatic carbocycles. The molecule has 0 heterocycles. The highest BCUT2D eigenvalue weighted by atomic mass is 28.4. The third kappa shape index (κ3) is 5.03. The van der Waals surface area contributed by atoms with E-state index in [1.807, 2.05) is 0 Å². The van der Waals surface area contributed by atoms with Crippen molar-refractivity contribution >= 4 is 48.6 Å². The van der Waals surface area contributed by atoms with Gasteiger partial charge in [-0.2, -0.15) is 0 Å². The Morgan fingerprint density at radius 2 is 0.868 bits per heavy atom. The van der Waals surface area contributed by atoms with Gasteiger partial charge in [-0.3, -0.25) is 0 Å². The lowest BCUT2D eigenvalue weighted by molar-refractivity contribution is 0.566. The summed E-state index contributed by atoms with van der Waals surface area (Å²) >= 11 is 0. The topological polar surface area (TPSA) is 18.5 Å². The molecule has 0 spiro atoms. The molecular weight excluding hydrogens is 497 g/mol. The van der Waals surface area contributed by atoms with Crippen molar-refractivity contribution in [2.75, 3.05) is 0 Å². The van der Waals surface area contributed by atoms with Gasteiger partial charge in [0, 0.05) is 21.5 Å². The van der Waals surface area contributed by atoms with Crippen LogP contribution >= 0.6 is 0 Å². The summed E-state index contributed by atoms with van der Waals surface area (Å²) in [5.41, 5.74) is 1.30. The number of fused-ring (bicyclic) bond motifs is 2. The lowest BCUT2D eigenvalue weighted by Crippen LogP contribution is -2.48. The minimum atomic E-state index is -2.27. The molecule has 5 rings (SSSR count). The van der Waals surface area contributed by atoms with Crippen LogP contribution in [-0.4, -0.2) is 16.6 Å². The fourth-order valence-electron chi connectivity index (χ4n) is 5.09. The third-order valence-electron chi connectivity index (χ3n) is 7.44. The minimum Gasteiger partial charge on any atom is -0.539 e.